The number of hydrogen-bond donors (Lipinski definition) is 2. The Balaban J connectivity index is 1.82. The van der Waals surface area contributed by atoms with Crippen molar-refractivity contribution >= 4 is 17.2 Å². The molecule has 0 amide bonds. The molecule has 1 aromatic carbocycles. The Morgan fingerprint density at radius 1 is 1.25 bits per heavy atom. The second-order valence-electron chi connectivity index (χ2n) is 4.22. The minimum Gasteiger partial charge on any atom is -0.476 e. The Labute approximate surface area is 116 Å². The maximum Gasteiger partial charge on any atom is 0.239 e. The number of nitrogens with zero attached hydrogens (tertiary/aromatic N) is 1. The van der Waals surface area contributed by atoms with Crippen LogP contribution in [0.15, 0.2) is 30.3 Å². The number of nitrogens with one attached hydrogen (secondary N) is 1. The molecule has 0 atom stereocenters. The first-order valence-electron chi connectivity index (χ1n) is 6.32. The SMILES string of the molecule is CCOc1nc(Nc2ccc3c(c2)OCO3)ccc1N. The van der Waals surface area contributed by atoms with E-state index >= 15 is 0 Å². The predicted octanol–water partition coefficient (Wildman–Crippen LogP) is 2.53. The van der Waals surface area contributed by atoms with Crippen LogP contribution < -0.4 is 25.3 Å². The van der Waals surface area contributed by atoms with Crippen LogP contribution in [0.2, 0.25) is 0 Å². The monoisotopic (exact) mass is 273 g/mol. The molecule has 3 rings (SSSR count). The van der Waals surface area contributed by atoms with Crippen LogP contribution in [-0.4, -0.2) is 18.4 Å². The second-order valence-corrected chi connectivity index (χ2v) is 4.22. The topological polar surface area (TPSA) is 78.6 Å². The van der Waals surface area contributed by atoms with Gasteiger partial charge in [-0.25, -0.2) is 0 Å². The van der Waals surface area contributed by atoms with E-state index in [0.717, 1.165) is 17.2 Å². The van der Waals surface area contributed by atoms with Gasteiger partial charge in [0.1, 0.15) is 5.82 Å². The summed E-state index contributed by atoms with van der Waals surface area (Å²) in [6.07, 6.45) is 0. The Bertz CT molecular complexity index is 631. The van der Waals surface area contributed by atoms with Gasteiger partial charge < -0.3 is 25.3 Å². The fourth-order valence-electron chi connectivity index (χ4n) is 1.90. The van der Waals surface area contributed by atoms with Crippen LogP contribution in [-0.2, 0) is 0 Å². The lowest BCUT2D eigenvalue weighted by Gasteiger charge is -2.10. The molecule has 0 saturated heterocycles. The molecule has 104 valence electrons. The van der Waals surface area contributed by atoms with E-state index in [2.05, 4.69) is 10.3 Å². The highest BCUT2D eigenvalue weighted by Gasteiger charge is 2.13. The number of anilines is 3. The van der Waals surface area contributed by atoms with Crippen LogP contribution in [0.1, 0.15) is 6.92 Å². The minimum atomic E-state index is 0.257. The number of benzene rings is 1. The van der Waals surface area contributed by atoms with Crippen LogP contribution in [0.4, 0.5) is 17.2 Å². The van der Waals surface area contributed by atoms with Crippen LogP contribution >= 0.6 is 0 Å². The molecule has 0 bridgehead atoms. The van der Waals surface area contributed by atoms with Crippen molar-refractivity contribution in [2.24, 2.45) is 0 Å². The van der Waals surface area contributed by atoms with Gasteiger partial charge >= 0.3 is 0 Å². The van der Waals surface area contributed by atoms with Crippen molar-refractivity contribution in [2.75, 3.05) is 24.5 Å². The van der Waals surface area contributed by atoms with E-state index < -0.39 is 0 Å². The third-order valence-electron chi connectivity index (χ3n) is 2.82. The molecule has 0 fully saturated rings. The number of nitrogens with two attached hydrogens (primary N) is 1. The first-order valence-corrected chi connectivity index (χ1v) is 6.32. The van der Waals surface area contributed by atoms with Gasteiger partial charge in [-0.05, 0) is 31.2 Å². The van der Waals surface area contributed by atoms with Crippen LogP contribution in [0.5, 0.6) is 17.4 Å². The quantitative estimate of drug-likeness (QED) is 0.891. The molecule has 0 aliphatic carbocycles. The van der Waals surface area contributed by atoms with Crippen LogP contribution in [0, 0.1) is 0 Å². The molecule has 1 aliphatic rings. The number of rotatable bonds is 4. The van der Waals surface area contributed by atoms with Crippen molar-refractivity contribution in [3.63, 3.8) is 0 Å². The highest BCUT2D eigenvalue weighted by molar-refractivity contribution is 5.64. The lowest BCUT2D eigenvalue weighted by Crippen LogP contribution is -2.02. The zero-order valence-electron chi connectivity index (χ0n) is 11.1. The summed E-state index contributed by atoms with van der Waals surface area (Å²) in [6.45, 7) is 2.66. The summed E-state index contributed by atoms with van der Waals surface area (Å²) < 4.78 is 16.0. The molecule has 6 heteroatoms. The zero-order valence-corrected chi connectivity index (χ0v) is 11.1. The van der Waals surface area contributed by atoms with Gasteiger partial charge in [-0.2, -0.15) is 4.98 Å². The highest BCUT2D eigenvalue weighted by atomic mass is 16.7. The summed E-state index contributed by atoms with van der Waals surface area (Å²) in [5.41, 5.74) is 7.16. The number of nitrogen functional groups attached to an aromatic ring is 1. The second kappa shape index (κ2) is 5.16. The third kappa shape index (κ3) is 2.40. The molecule has 3 N–H and O–H groups in total. The molecule has 0 spiro atoms. The van der Waals surface area contributed by atoms with Crippen molar-refractivity contribution in [2.45, 2.75) is 6.92 Å². The maximum atomic E-state index is 5.79. The number of pyridine rings is 1. The highest BCUT2D eigenvalue weighted by Crippen LogP contribution is 2.35. The fourth-order valence-corrected chi connectivity index (χ4v) is 1.90. The largest absolute Gasteiger partial charge is 0.476 e. The number of ether oxygens (including phenoxy) is 3. The van der Waals surface area contributed by atoms with Crippen molar-refractivity contribution in [1.29, 1.82) is 0 Å². The number of fused-ring (bicyclic) bond motifs is 1. The first kappa shape index (κ1) is 12.4. The standard InChI is InChI=1S/C14H15N3O3/c1-2-18-14-10(15)4-6-13(17-14)16-9-3-5-11-12(7-9)20-8-19-11/h3-7H,2,8,15H2,1H3,(H,16,17). The molecular weight excluding hydrogens is 258 g/mol. The van der Waals surface area contributed by atoms with Gasteiger partial charge in [0.2, 0.25) is 12.7 Å². The molecule has 2 heterocycles. The summed E-state index contributed by atoms with van der Waals surface area (Å²) in [5, 5.41) is 3.18. The molecule has 1 aromatic heterocycles. The molecular formula is C14H15N3O3. The van der Waals surface area contributed by atoms with Gasteiger partial charge in [0.05, 0.1) is 12.3 Å². The molecule has 0 saturated carbocycles. The molecule has 6 nitrogen and oxygen atoms in total. The Morgan fingerprint density at radius 3 is 2.95 bits per heavy atom. The number of aromatic nitrogens is 1. The number of hydrogen-bond acceptors (Lipinski definition) is 6. The summed E-state index contributed by atoms with van der Waals surface area (Å²) in [4.78, 5) is 4.32. The average Bonchev–Trinajstić information content (AvgIpc) is 2.90. The summed E-state index contributed by atoms with van der Waals surface area (Å²) in [7, 11) is 0. The van der Waals surface area contributed by atoms with Crippen molar-refractivity contribution in [1.82, 2.24) is 4.98 Å². The normalized spacial score (nSPS) is 12.2. The van der Waals surface area contributed by atoms with Gasteiger partial charge in [0.15, 0.2) is 11.5 Å². The maximum absolute atomic E-state index is 5.79. The minimum absolute atomic E-state index is 0.257. The smallest absolute Gasteiger partial charge is 0.239 e. The van der Waals surface area contributed by atoms with Crippen molar-refractivity contribution < 1.29 is 14.2 Å². The average molecular weight is 273 g/mol. The summed E-state index contributed by atoms with van der Waals surface area (Å²) in [6, 6.07) is 9.16. The molecule has 0 unspecified atom stereocenters. The van der Waals surface area contributed by atoms with E-state index in [1.807, 2.05) is 25.1 Å². The van der Waals surface area contributed by atoms with Crippen LogP contribution in [0.3, 0.4) is 0 Å². The van der Waals surface area contributed by atoms with Gasteiger partial charge in [-0.3, -0.25) is 0 Å². The van der Waals surface area contributed by atoms with Crippen molar-refractivity contribution in [3.05, 3.63) is 30.3 Å². The molecule has 2 aromatic rings. The van der Waals surface area contributed by atoms with Crippen LogP contribution in [0.25, 0.3) is 0 Å². The van der Waals surface area contributed by atoms with E-state index in [-0.39, 0.29) is 6.79 Å². The molecule has 1 aliphatic heterocycles. The Hall–Kier alpha value is -2.63. The van der Waals surface area contributed by atoms with Crippen molar-refractivity contribution in [3.8, 4) is 17.4 Å². The van der Waals surface area contributed by atoms with E-state index in [1.54, 1.807) is 12.1 Å². The zero-order chi connectivity index (χ0) is 13.9. The van der Waals surface area contributed by atoms with E-state index in [9.17, 15) is 0 Å². The lowest BCUT2D eigenvalue weighted by atomic mass is 10.2. The van der Waals surface area contributed by atoms with E-state index in [0.29, 0.717) is 24.0 Å². The first-order chi connectivity index (χ1) is 9.76. The Kier molecular flexibility index (Phi) is 3.20. The van der Waals surface area contributed by atoms with E-state index in [4.69, 9.17) is 19.9 Å². The predicted molar refractivity (Wildman–Crippen MR) is 75.7 cm³/mol. The van der Waals surface area contributed by atoms with E-state index in [1.165, 1.54) is 0 Å². The van der Waals surface area contributed by atoms with Gasteiger partial charge in [-0.1, -0.05) is 0 Å². The van der Waals surface area contributed by atoms with Gasteiger partial charge in [-0.15, -0.1) is 0 Å². The van der Waals surface area contributed by atoms with Gasteiger partial charge in [0.25, 0.3) is 0 Å². The molecule has 20 heavy (non-hydrogen) atoms. The lowest BCUT2D eigenvalue weighted by molar-refractivity contribution is 0.174. The Morgan fingerprint density at radius 2 is 2.10 bits per heavy atom. The third-order valence-corrected chi connectivity index (χ3v) is 2.82. The summed E-state index contributed by atoms with van der Waals surface area (Å²) >= 11 is 0. The van der Waals surface area contributed by atoms with Gasteiger partial charge in [0, 0.05) is 11.8 Å². The fraction of sp³-hybridized carbons (Fsp3) is 0.214. The summed E-state index contributed by atoms with van der Waals surface area (Å²) in [5.74, 6) is 2.55. The molecule has 0 radical (unpaired) electrons.